The van der Waals surface area contributed by atoms with Gasteiger partial charge in [-0.25, -0.2) is 4.98 Å². The first kappa shape index (κ1) is 19.7. The Hall–Kier alpha value is -0.600. The van der Waals surface area contributed by atoms with Crippen molar-refractivity contribution in [1.82, 2.24) is 14.3 Å². The maximum absolute atomic E-state index is 12.4. The lowest BCUT2D eigenvalue weighted by atomic mass is 10.1. The SMILES string of the molecule is C[C@@H](N[S@@+]([O-])C(C)(C)C)c1cn(CC(C)(C)O)c2nc(Br)ccc12. The molecule has 2 heterocycles. The largest absolute Gasteiger partial charge is 0.598 e. The standard InChI is InChI=1S/C17H26BrN3O2S/c1-11(20-24(23)16(2,3)4)13-9-21(10-17(5,6)22)15-12(13)7-8-14(18)19-15/h7-9,11,20,22H,10H2,1-6H3/t11-,24+/m1/s1. The van der Waals surface area contributed by atoms with Gasteiger partial charge in [0.05, 0.1) is 18.2 Å². The summed E-state index contributed by atoms with van der Waals surface area (Å²) < 4.78 is 17.9. The summed E-state index contributed by atoms with van der Waals surface area (Å²) in [6.45, 7) is 11.8. The van der Waals surface area contributed by atoms with E-state index in [-0.39, 0.29) is 10.8 Å². The topological polar surface area (TPSA) is 73.1 Å². The third-order valence-electron chi connectivity index (χ3n) is 3.58. The number of rotatable bonds is 5. The van der Waals surface area contributed by atoms with E-state index in [1.165, 1.54) is 0 Å². The number of halogens is 1. The van der Waals surface area contributed by atoms with Crippen molar-refractivity contribution < 1.29 is 9.66 Å². The van der Waals surface area contributed by atoms with Gasteiger partial charge >= 0.3 is 0 Å². The lowest BCUT2D eigenvalue weighted by Gasteiger charge is -2.26. The Balaban J connectivity index is 2.43. The van der Waals surface area contributed by atoms with Crippen LogP contribution in [0.15, 0.2) is 22.9 Å². The predicted molar refractivity (Wildman–Crippen MR) is 103 cm³/mol. The van der Waals surface area contributed by atoms with E-state index in [9.17, 15) is 9.66 Å². The van der Waals surface area contributed by atoms with E-state index in [1.54, 1.807) is 13.8 Å². The van der Waals surface area contributed by atoms with E-state index in [0.29, 0.717) is 6.54 Å². The van der Waals surface area contributed by atoms with Gasteiger partial charge in [-0.15, -0.1) is 4.72 Å². The summed E-state index contributed by atoms with van der Waals surface area (Å²) in [7, 11) is 0. The third kappa shape index (κ3) is 4.73. The molecule has 2 atom stereocenters. The quantitative estimate of drug-likeness (QED) is 0.576. The highest BCUT2D eigenvalue weighted by Crippen LogP contribution is 2.29. The van der Waals surface area contributed by atoms with Crippen molar-refractivity contribution in [1.29, 1.82) is 0 Å². The zero-order chi connectivity index (χ0) is 18.3. The van der Waals surface area contributed by atoms with Crippen molar-refractivity contribution >= 4 is 38.3 Å². The second-order valence-corrected chi connectivity index (χ2v) is 10.6. The maximum Gasteiger partial charge on any atom is 0.141 e. The number of nitrogens with zero attached hydrogens (tertiary/aromatic N) is 2. The molecule has 0 aliphatic carbocycles. The average Bonchev–Trinajstić information content (AvgIpc) is 2.74. The summed E-state index contributed by atoms with van der Waals surface area (Å²) in [5.41, 5.74) is 0.974. The van der Waals surface area contributed by atoms with Crippen LogP contribution in [0, 0.1) is 0 Å². The molecule has 0 bridgehead atoms. The number of aliphatic hydroxyl groups is 1. The second kappa shape index (κ2) is 6.96. The van der Waals surface area contributed by atoms with Crippen molar-refractivity contribution in [3.8, 4) is 0 Å². The number of nitrogens with one attached hydrogen (secondary N) is 1. The molecular formula is C17H26BrN3O2S. The van der Waals surface area contributed by atoms with Crippen LogP contribution in [-0.4, -0.2) is 29.6 Å². The molecule has 0 saturated carbocycles. The van der Waals surface area contributed by atoms with Gasteiger partial charge in [-0.1, -0.05) is 0 Å². The van der Waals surface area contributed by atoms with E-state index in [4.69, 9.17) is 0 Å². The molecule has 0 amide bonds. The van der Waals surface area contributed by atoms with Crippen molar-refractivity contribution in [2.45, 2.75) is 64.5 Å². The van der Waals surface area contributed by atoms with Crippen molar-refractivity contribution in [3.05, 3.63) is 28.5 Å². The van der Waals surface area contributed by atoms with Gasteiger partial charge in [-0.05, 0) is 69.6 Å². The Morgan fingerprint density at radius 2 is 1.96 bits per heavy atom. The second-order valence-electron chi connectivity index (χ2n) is 7.75. The Kier molecular flexibility index (Phi) is 5.72. The molecule has 0 saturated heterocycles. The lowest BCUT2D eigenvalue weighted by Crippen LogP contribution is -2.40. The normalized spacial score (nSPS) is 15.7. The van der Waals surface area contributed by atoms with Gasteiger partial charge < -0.3 is 14.2 Å². The van der Waals surface area contributed by atoms with E-state index in [1.807, 2.05) is 50.6 Å². The van der Waals surface area contributed by atoms with Gasteiger partial charge in [0.2, 0.25) is 0 Å². The van der Waals surface area contributed by atoms with Gasteiger partial charge in [-0.2, -0.15) is 0 Å². The van der Waals surface area contributed by atoms with E-state index in [0.717, 1.165) is 21.2 Å². The molecule has 0 unspecified atom stereocenters. The van der Waals surface area contributed by atoms with Crippen molar-refractivity contribution in [2.24, 2.45) is 0 Å². The molecule has 0 fully saturated rings. The fraction of sp³-hybridized carbons (Fsp3) is 0.588. The van der Waals surface area contributed by atoms with Crippen LogP contribution in [0.2, 0.25) is 0 Å². The molecule has 7 heteroatoms. The maximum atomic E-state index is 12.4. The molecule has 0 aliphatic heterocycles. The van der Waals surface area contributed by atoms with Crippen LogP contribution in [0.3, 0.4) is 0 Å². The van der Waals surface area contributed by atoms with Gasteiger partial charge in [0.15, 0.2) is 0 Å². The van der Waals surface area contributed by atoms with Gasteiger partial charge in [0.25, 0.3) is 0 Å². The molecule has 0 spiro atoms. The molecule has 24 heavy (non-hydrogen) atoms. The smallest absolute Gasteiger partial charge is 0.141 e. The molecule has 0 aliphatic rings. The van der Waals surface area contributed by atoms with Gasteiger partial charge in [0, 0.05) is 28.5 Å². The van der Waals surface area contributed by atoms with Crippen molar-refractivity contribution in [2.75, 3.05) is 0 Å². The predicted octanol–water partition coefficient (Wildman–Crippen LogP) is 3.68. The highest BCUT2D eigenvalue weighted by molar-refractivity contribution is 9.10. The molecule has 2 aromatic heterocycles. The van der Waals surface area contributed by atoms with Crippen LogP contribution in [-0.2, 0) is 17.9 Å². The number of hydrogen-bond donors (Lipinski definition) is 2. The van der Waals surface area contributed by atoms with Gasteiger partial charge in [-0.3, -0.25) is 0 Å². The Bertz CT molecular complexity index is 719. The Morgan fingerprint density at radius 3 is 2.50 bits per heavy atom. The molecular weight excluding hydrogens is 390 g/mol. The summed E-state index contributed by atoms with van der Waals surface area (Å²) in [5.74, 6) is 0. The van der Waals surface area contributed by atoms with E-state index in [2.05, 4.69) is 25.6 Å². The highest BCUT2D eigenvalue weighted by atomic mass is 79.9. The van der Waals surface area contributed by atoms with Crippen LogP contribution >= 0.6 is 15.9 Å². The van der Waals surface area contributed by atoms with Crippen LogP contribution < -0.4 is 4.72 Å². The molecule has 2 N–H and O–H groups in total. The summed E-state index contributed by atoms with van der Waals surface area (Å²) in [5, 5.41) is 11.2. The van der Waals surface area contributed by atoms with Gasteiger partial charge in [0.1, 0.15) is 15.0 Å². The zero-order valence-corrected chi connectivity index (χ0v) is 17.5. The summed E-state index contributed by atoms with van der Waals surface area (Å²) >= 11 is 2.24. The minimum atomic E-state index is -1.16. The number of fused-ring (bicyclic) bond motifs is 1. The Labute approximate surface area is 155 Å². The molecule has 2 rings (SSSR count). The minimum absolute atomic E-state index is 0.0985. The van der Waals surface area contributed by atoms with Crippen LogP contribution in [0.1, 0.15) is 53.1 Å². The number of aromatic nitrogens is 2. The minimum Gasteiger partial charge on any atom is -0.598 e. The highest BCUT2D eigenvalue weighted by Gasteiger charge is 2.29. The summed E-state index contributed by atoms with van der Waals surface area (Å²) in [4.78, 5) is 4.56. The first-order valence-electron chi connectivity index (χ1n) is 7.94. The molecule has 5 nitrogen and oxygen atoms in total. The average molecular weight is 416 g/mol. The number of hydrogen-bond acceptors (Lipinski definition) is 4. The molecule has 0 radical (unpaired) electrons. The first-order valence-corrected chi connectivity index (χ1v) is 9.88. The molecule has 2 aromatic rings. The van der Waals surface area contributed by atoms with E-state index < -0.39 is 17.0 Å². The summed E-state index contributed by atoms with van der Waals surface area (Å²) in [6, 6.07) is 3.80. The first-order chi connectivity index (χ1) is 10.9. The van der Waals surface area contributed by atoms with Crippen LogP contribution in [0.25, 0.3) is 11.0 Å². The fourth-order valence-corrected chi connectivity index (χ4v) is 3.55. The molecule has 0 aromatic carbocycles. The lowest BCUT2D eigenvalue weighted by molar-refractivity contribution is 0.0626. The summed E-state index contributed by atoms with van der Waals surface area (Å²) in [6.07, 6.45) is 1.99. The zero-order valence-electron chi connectivity index (χ0n) is 15.1. The Morgan fingerprint density at radius 1 is 1.33 bits per heavy atom. The van der Waals surface area contributed by atoms with E-state index >= 15 is 0 Å². The van der Waals surface area contributed by atoms with Crippen LogP contribution in [0.5, 0.6) is 0 Å². The monoisotopic (exact) mass is 415 g/mol. The number of pyridine rings is 1. The molecule has 134 valence electrons. The fourth-order valence-electron chi connectivity index (χ4n) is 2.45. The van der Waals surface area contributed by atoms with Crippen LogP contribution in [0.4, 0.5) is 0 Å². The van der Waals surface area contributed by atoms with Crippen molar-refractivity contribution in [3.63, 3.8) is 0 Å². The third-order valence-corrected chi connectivity index (χ3v) is 5.70.